The van der Waals surface area contributed by atoms with Crippen molar-refractivity contribution in [2.75, 3.05) is 0 Å². The molecule has 0 bridgehead atoms. The van der Waals surface area contributed by atoms with Gasteiger partial charge in [-0.3, -0.25) is 0 Å². The van der Waals surface area contributed by atoms with Crippen molar-refractivity contribution in [1.29, 1.82) is 0 Å². The molecule has 2 heteroatoms. The third-order valence-corrected chi connectivity index (χ3v) is 19.2. The van der Waals surface area contributed by atoms with Crippen LogP contribution >= 0.6 is 0 Å². The second-order valence-electron chi connectivity index (χ2n) is 24.1. The summed E-state index contributed by atoms with van der Waals surface area (Å²) >= 11 is 0. The molecule has 16 aromatic rings. The second-order valence-corrected chi connectivity index (χ2v) is 24.1. The molecule has 0 saturated heterocycles. The molecule has 0 spiro atoms. The Kier molecular flexibility index (Phi) is 12.8. The molecule has 426 valence electrons. The zero-order valence-corrected chi connectivity index (χ0v) is 49.7. The Balaban J connectivity index is 0.915. The van der Waals surface area contributed by atoms with E-state index in [0.29, 0.717) is 22.3 Å². The van der Waals surface area contributed by atoms with Crippen molar-refractivity contribution in [2.45, 2.75) is 5.41 Å². The largest absolute Gasteiger partial charge is 0.507 e. The Labute approximate surface area is 529 Å². The van der Waals surface area contributed by atoms with E-state index in [1.54, 1.807) is 0 Å². The molecule has 0 aliphatic heterocycles. The van der Waals surface area contributed by atoms with E-state index in [9.17, 15) is 10.2 Å². The molecule has 1 aliphatic carbocycles. The van der Waals surface area contributed by atoms with Crippen LogP contribution in [0.5, 0.6) is 11.5 Å². The maximum atomic E-state index is 13.3. The van der Waals surface area contributed by atoms with Crippen molar-refractivity contribution in [3.8, 4) is 112 Å². The summed E-state index contributed by atoms with van der Waals surface area (Å²) in [4.78, 5) is 0. The lowest BCUT2D eigenvalue weighted by atomic mass is 9.66. The normalized spacial score (nSPS) is 12.4. The predicted octanol–water partition coefficient (Wildman–Crippen LogP) is 23.4. The first kappa shape index (κ1) is 53.4. The lowest BCUT2D eigenvalue weighted by molar-refractivity contribution is 0.479. The Morgan fingerprint density at radius 2 is 0.374 bits per heavy atom. The van der Waals surface area contributed by atoms with Gasteiger partial charge >= 0.3 is 0 Å². The van der Waals surface area contributed by atoms with Crippen molar-refractivity contribution < 1.29 is 10.2 Å². The Hall–Kier alpha value is -11.8. The summed E-state index contributed by atoms with van der Waals surface area (Å²) < 4.78 is 0. The summed E-state index contributed by atoms with van der Waals surface area (Å²) in [6.07, 6.45) is 0. The highest BCUT2D eigenvalue weighted by Crippen LogP contribution is 2.60. The molecule has 91 heavy (non-hydrogen) atoms. The second kappa shape index (κ2) is 21.8. The fraction of sp³-hybridized carbons (Fsp3) is 0.0112. The number of hydrogen-bond donors (Lipinski definition) is 2. The van der Waals surface area contributed by atoms with Gasteiger partial charge in [0.25, 0.3) is 0 Å². The van der Waals surface area contributed by atoms with E-state index in [4.69, 9.17) is 0 Å². The highest BCUT2D eigenvalue weighted by Gasteiger charge is 2.47. The van der Waals surface area contributed by atoms with Gasteiger partial charge in [-0.1, -0.05) is 315 Å². The Bertz CT molecular complexity index is 4870. The number of rotatable bonds is 10. The maximum Gasteiger partial charge on any atom is 0.131 e. The van der Waals surface area contributed by atoms with E-state index >= 15 is 0 Å². The van der Waals surface area contributed by atoms with Crippen LogP contribution in [0.3, 0.4) is 0 Å². The van der Waals surface area contributed by atoms with Crippen LogP contribution in [-0.2, 0) is 5.41 Å². The minimum absolute atomic E-state index is 0.193. The third kappa shape index (κ3) is 8.86. The monoisotopic (exact) mass is 1160 g/mol. The standard InChI is InChI=1S/C89H58O2/c90-87-81(65-45-37-61(38-46-65)75-31-13-21-57-17-1-5-25-71(57)75)53-69(54-82(87)66-47-39-62(40-48-66)76-32-14-22-58-18-2-6-26-72(58)76)89(85-35-11-9-29-79(85)80-30-10-12-36-86(80)89)70-55-83(67-49-41-63(42-50-67)77-33-15-23-59-19-3-7-27-73(59)77)88(91)84(56-70)68-51-43-64(44-52-68)78-34-16-24-60-20-4-8-28-74(60)78/h1-56,90-91H. The summed E-state index contributed by atoms with van der Waals surface area (Å²) in [5.41, 5.74) is 20.8. The zero-order valence-electron chi connectivity index (χ0n) is 49.7. The Morgan fingerprint density at radius 1 is 0.176 bits per heavy atom. The molecule has 2 nitrogen and oxygen atoms in total. The fourth-order valence-corrected chi connectivity index (χ4v) is 14.8. The molecule has 0 atom stereocenters. The van der Waals surface area contributed by atoms with Crippen LogP contribution < -0.4 is 0 Å². The first-order valence-corrected chi connectivity index (χ1v) is 31.2. The molecular weight excluding hydrogens is 1100 g/mol. The molecule has 0 heterocycles. The van der Waals surface area contributed by atoms with Gasteiger partial charge in [-0.25, -0.2) is 0 Å². The minimum atomic E-state index is -1.00. The molecule has 17 rings (SSSR count). The average molecular weight is 1160 g/mol. The Morgan fingerprint density at radius 3 is 0.637 bits per heavy atom. The van der Waals surface area contributed by atoms with Gasteiger partial charge in [-0.15, -0.1) is 0 Å². The first-order valence-electron chi connectivity index (χ1n) is 31.2. The van der Waals surface area contributed by atoms with Crippen molar-refractivity contribution in [3.05, 3.63) is 362 Å². The number of phenols is 2. The van der Waals surface area contributed by atoms with Crippen LogP contribution in [-0.4, -0.2) is 10.2 Å². The van der Waals surface area contributed by atoms with Crippen molar-refractivity contribution >= 4 is 43.1 Å². The van der Waals surface area contributed by atoms with Gasteiger partial charge in [0, 0.05) is 22.3 Å². The number of aromatic hydroxyl groups is 2. The third-order valence-electron chi connectivity index (χ3n) is 19.2. The van der Waals surface area contributed by atoms with Crippen molar-refractivity contribution in [3.63, 3.8) is 0 Å². The summed E-state index contributed by atoms with van der Waals surface area (Å²) in [5, 5.41) is 36.0. The van der Waals surface area contributed by atoms with Gasteiger partial charge in [-0.2, -0.15) is 0 Å². The zero-order chi connectivity index (χ0) is 60.6. The van der Waals surface area contributed by atoms with Crippen LogP contribution in [0, 0.1) is 0 Å². The SMILES string of the molecule is Oc1c(-c2ccc(-c3cccc4ccccc34)cc2)cc(C2(c3cc(-c4ccc(-c5cccc6ccccc56)cc4)c(O)c(-c4ccc(-c5cccc6ccccc56)cc4)c3)c3ccccc3-c3ccccc32)cc1-c1ccc(-c2cccc3ccccc23)cc1. The molecule has 2 N–H and O–H groups in total. The molecule has 1 aliphatic rings. The topological polar surface area (TPSA) is 40.5 Å². The van der Waals surface area contributed by atoms with Gasteiger partial charge in [0.15, 0.2) is 0 Å². The van der Waals surface area contributed by atoms with Crippen LogP contribution in [0.1, 0.15) is 22.3 Å². The maximum absolute atomic E-state index is 13.3. The molecule has 0 saturated carbocycles. The van der Waals surface area contributed by atoms with Crippen LogP contribution in [0.15, 0.2) is 340 Å². The average Bonchev–Trinajstić information content (AvgIpc) is 1.79. The quantitative estimate of drug-likeness (QED) is 0.143. The van der Waals surface area contributed by atoms with Gasteiger partial charge in [-0.05, 0) is 167 Å². The summed E-state index contributed by atoms with van der Waals surface area (Å²) in [5.74, 6) is 0.387. The summed E-state index contributed by atoms with van der Waals surface area (Å²) in [7, 11) is 0. The summed E-state index contributed by atoms with van der Waals surface area (Å²) in [6, 6.07) is 121. The number of phenolic OH excluding ortho intramolecular Hbond substituents is 2. The van der Waals surface area contributed by atoms with E-state index in [1.807, 2.05) is 0 Å². The first-order chi connectivity index (χ1) is 44.9. The minimum Gasteiger partial charge on any atom is -0.507 e. The molecule has 0 unspecified atom stereocenters. The van der Waals surface area contributed by atoms with E-state index in [0.717, 1.165) is 100 Å². The highest BCUT2D eigenvalue weighted by atomic mass is 16.3. The van der Waals surface area contributed by atoms with Crippen LogP contribution in [0.2, 0.25) is 0 Å². The van der Waals surface area contributed by atoms with E-state index in [-0.39, 0.29) is 11.5 Å². The molecule has 16 aromatic carbocycles. The fourth-order valence-electron chi connectivity index (χ4n) is 14.8. The van der Waals surface area contributed by atoms with Gasteiger partial charge in [0.05, 0.1) is 5.41 Å². The van der Waals surface area contributed by atoms with E-state index < -0.39 is 5.41 Å². The molecular formula is C89H58O2. The molecule has 0 aromatic heterocycles. The van der Waals surface area contributed by atoms with Gasteiger partial charge in [0.1, 0.15) is 11.5 Å². The highest BCUT2D eigenvalue weighted by molar-refractivity contribution is 6.02. The van der Waals surface area contributed by atoms with Crippen molar-refractivity contribution in [2.24, 2.45) is 0 Å². The lowest BCUT2D eigenvalue weighted by Gasteiger charge is -2.36. The number of fused-ring (bicyclic) bond motifs is 7. The lowest BCUT2D eigenvalue weighted by Crippen LogP contribution is -2.29. The predicted molar refractivity (Wildman–Crippen MR) is 381 cm³/mol. The molecule has 0 amide bonds. The van der Waals surface area contributed by atoms with E-state index in [1.165, 1.54) is 43.1 Å². The van der Waals surface area contributed by atoms with E-state index in [2.05, 4.69) is 340 Å². The number of benzene rings is 16. The van der Waals surface area contributed by atoms with Crippen LogP contribution in [0.4, 0.5) is 0 Å². The van der Waals surface area contributed by atoms with Crippen molar-refractivity contribution in [1.82, 2.24) is 0 Å². The smallest absolute Gasteiger partial charge is 0.131 e. The van der Waals surface area contributed by atoms with Crippen LogP contribution in [0.25, 0.3) is 143 Å². The van der Waals surface area contributed by atoms with Gasteiger partial charge < -0.3 is 10.2 Å². The van der Waals surface area contributed by atoms with Gasteiger partial charge in [0.2, 0.25) is 0 Å². The number of hydrogen-bond acceptors (Lipinski definition) is 2. The molecule has 0 fully saturated rings. The summed E-state index contributed by atoms with van der Waals surface area (Å²) in [6.45, 7) is 0. The molecule has 0 radical (unpaired) electrons.